The van der Waals surface area contributed by atoms with Crippen molar-refractivity contribution in [1.29, 1.82) is 0 Å². The van der Waals surface area contributed by atoms with Gasteiger partial charge in [0.2, 0.25) is 0 Å². The molecule has 0 rings (SSSR count). The van der Waals surface area contributed by atoms with Crippen molar-refractivity contribution in [3.8, 4) is 0 Å². The molecule has 0 aromatic heterocycles. The fourth-order valence-electron chi connectivity index (χ4n) is 1.45. The van der Waals surface area contributed by atoms with E-state index in [0.717, 1.165) is 12.8 Å². The van der Waals surface area contributed by atoms with Crippen LogP contribution in [0, 0.1) is 5.92 Å². The average Bonchev–Trinajstić information content (AvgIpc) is 2.17. The van der Waals surface area contributed by atoms with E-state index in [1.165, 1.54) is 11.1 Å². The van der Waals surface area contributed by atoms with E-state index in [0.29, 0.717) is 12.4 Å². The lowest BCUT2D eigenvalue weighted by Gasteiger charge is -2.20. The van der Waals surface area contributed by atoms with Gasteiger partial charge in [0.05, 0.1) is 0 Å². The monoisotopic (exact) mass is 224 g/mol. The van der Waals surface area contributed by atoms with Crippen LogP contribution in [0.2, 0.25) is 0 Å². The molecule has 0 saturated heterocycles. The summed E-state index contributed by atoms with van der Waals surface area (Å²) in [5.74, 6) is 0.370. The van der Waals surface area contributed by atoms with E-state index in [4.69, 9.17) is 4.74 Å². The van der Waals surface area contributed by atoms with E-state index < -0.39 is 0 Å². The van der Waals surface area contributed by atoms with Gasteiger partial charge in [0.25, 0.3) is 6.47 Å². The van der Waals surface area contributed by atoms with Gasteiger partial charge in [0, 0.05) is 5.92 Å². The highest BCUT2D eigenvalue weighted by atomic mass is 16.5. The SMILES string of the molecule is CC(C)=CCC(CC=C(C)C)[C@H](C)OC=O. The minimum Gasteiger partial charge on any atom is -0.465 e. The number of carbonyl (C=O) groups excluding carboxylic acids is 1. The van der Waals surface area contributed by atoms with Crippen molar-refractivity contribution in [2.75, 3.05) is 0 Å². The summed E-state index contributed by atoms with van der Waals surface area (Å²) in [4.78, 5) is 10.3. The number of hydrogen-bond donors (Lipinski definition) is 0. The fourth-order valence-corrected chi connectivity index (χ4v) is 1.45. The van der Waals surface area contributed by atoms with Crippen LogP contribution in [0.25, 0.3) is 0 Å². The second-order valence-electron chi connectivity index (χ2n) is 4.73. The normalized spacial score (nSPS) is 11.9. The van der Waals surface area contributed by atoms with Gasteiger partial charge in [-0.2, -0.15) is 0 Å². The lowest BCUT2D eigenvalue weighted by Crippen LogP contribution is -2.19. The molecule has 0 spiro atoms. The zero-order valence-electron chi connectivity index (χ0n) is 11.1. The second-order valence-corrected chi connectivity index (χ2v) is 4.73. The summed E-state index contributed by atoms with van der Waals surface area (Å²) in [6.07, 6.45) is 6.30. The zero-order valence-corrected chi connectivity index (χ0v) is 11.1. The van der Waals surface area contributed by atoms with E-state index in [-0.39, 0.29) is 6.10 Å². The van der Waals surface area contributed by atoms with E-state index >= 15 is 0 Å². The van der Waals surface area contributed by atoms with Crippen molar-refractivity contribution in [2.24, 2.45) is 5.92 Å². The summed E-state index contributed by atoms with van der Waals surface area (Å²) < 4.78 is 5.03. The van der Waals surface area contributed by atoms with Gasteiger partial charge in [0.1, 0.15) is 6.10 Å². The Labute approximate surface area is 99.4 Å². The second kappa shape index (κ2) is 8.14. The van der Waals surface area contributed by atoms with E-state index in [9.17, 15) is 4.79 Å². The standard InChI is InChI=1S/C14H24O2/c1-11(2)6-8-14(9-7-12(3)4)13(5)16-10-15/h6-7,10,13-14H,8-9H2,1-5H3/t13-/m0/s1. The van der Waals surface area contributed by atoms with Gasteiger partial charge in [-0.1, -0.05) is 23.3 Å². The third-order valence-corrected chi connectivity index (χ3v) is 2.59. The molecule has 0 heterocycles. The molecular weight excluding hydrogens is 200 g/mol. The van der Waals surface area contributed by atoms with Crippen LogP contribution < -0.4 is 0 Å². The molecule has 0 aromatic rings. The first kappa shape index (κ1) is 14.9. The Hall–Kier alpha value is -1.05. The molecule has 16 heavy (non-hydrogen) atoms. The molecule has 0 unspecified atom stereocenters. The molecule has 0 aliphatic heterocycles. The molecule has 2 heteroatoms. The van der Waals surface area contributed by atoms with Gasteiger partial charge in [-0.3, -0.25) is 4.79 Å². The molecule has 0 aliphatic carbocycles. The number of rotatable bonds is 7. The quantitative estimate of drug-likeness (QED) is 0.484. The lowest BCUT2D eigenvalue weighted by molar-refractivity contribution is -0.135. The molecule has 0 amide bonds. The molecule has 0 fully saturated rings. The van der Waals surface area contributed by atoms with Crippen LogP contribution in [0.3, 0.4) is 0 Å². The average molecular weight is 224 g/mol. The highest BCUT2D eigenvalue weighted by molar-refractivity contribution is 5.37. The molecule has 0 aromatic carbocycles. The summed E-state index contributed by atoms with van der Waals surface area (Å²) in [6.45, 7) is 10.8. The van der Waals surface area contributed by atoms with Crippen LogP contribution in [0.4, 0.5) is 0 Å². The maximum absolute atomic E-state index is 10.3. The number of carbonyl (C=O) groups is 1. The predicted molar refractivity (Wildman–Crippen MR) is 68.2 cm³/mol. The molecular formula is C14H24O2. The van der Waals surface area contributed by atoms with Gasteiger partial charge in [0.15, 0.2) is 0 Å². The largest absolute Gasteiger partial charge is 0.465 e. The molecule has 2 nitrogen and oxygen atoms in total. The van der Waals surface area contributed by atoms with E-state index in [1.54, 1.807) is 0 Å². The van der Waals surface area contributed by atoms with Gasteiger partial charge in [-0.05, 0) is 47.5 Å². The van der Waals surface area contributed by atoms with Gasteiger partial charge >= 0.3 is 0 Å². The molecule has 0 saturated carbocycles. The Kier molecular flexibility index (Phi) is 7.61. The first-order valence-electron chi connectivity index (χ1n) is 5.83. The Bertz CT molecular complexity index is 236. The smallest absolute Gasteiger partial charge is 0.293 e. The van der Waals surface area contributed by atoms with E-state index in [2.05, 4.69) is 39.8 Å². The first-order chi connectivity index (χ1) is 7.47. The maximum atomic E-state index is 10.3. The van der Waals surface area contributed by atoms with Gasteiger partial charge in [-0.15, -0.1) is 0 Å². The van der Waals surface area contributed by atoms with Gasteiger partial charge < -0.3 is 4.74 Å². The van der Waals surface area contributed by atoms with Crippen molar-refractivity contribution in [3.05, 3.63) is 23.3 Å². The third-order valence-electron chi connectivity index (χ3n) is 2.59. The molecule has 92 valence electrons. The molecule has 0 aliphatic rings. The van der Waals surface area contributed by atoms with Crippen molar-refractivity contribution >= 4 is 6.47 Å². The zero-order chi connectivity index (χ0) is 12.6. The summed E-state index contributed by atoms with van der Waals surface area (Å²) in [5, 5.41) is 0. The maximum Gasteiger partial charge on any atom is 0.293 e. The van der Waals surface area contributed by atoms with Crippen molar-refractivity contribution < 1.29 is 9.53 Å². The molecule has 1 atom stereocenters. The topological polar surface area (TPSA) is 26.3 Å². The lowest BCUT2D eigenvalue weighted by atomic mass is 9.94. The summed E-state index contributed by atoms with van der Waals surface area (Å²) in [6, 6.07) is 0. The highest BCUT2D eigenvalue weighted by Crippen LogP contribution is 2.19. The molecule has 0 radical (unpaired) electrons. The van der Waals surface area contributed by atoms with Crippen LogP contribution in [-0.4, -0.2) is 12.6 Å². The molecule has 0 N–H and O–H groups in total. The van der Waals surface area contributed by atoms with E-state index in [1.807, 2.05) is 6.92 Å². The summed E-state index contributed by atoms with van der Waals surface area (Å²) in [7, 11) is 0. The van der Waals surface area contributed by atoms with Crippen molar-refractivity contribution in [1.82, 2.24) is 0 Å². The number of allylic oxidation sites excluding steroid dienone is 4. The fraction of sp³-hybridized carbons (Fsp3) is 0.643. The van der Waals surface area contributed by atoms with Crippen LogP contribution in [-0.2, 0) is 9.53 Å². The number of hydrogen-bond acceptors (Lipinski definition) is 2. The first-order valence-corrected chi connectivity index (χ1v) is 5.83. The predicted octanol–water partition coefficient (Wildman–Crippen LogP) is 3.88. The van der Waals surface area contributed by atoms with Crippen molar-refractivity contribution in [3.63, 3.8) is 0 Å². The van der Waals surface area contributed by atoms with Crippen LogP contribution in [0.5, 0.6) is 0 Å². The third kappa shape index (κ3) is 7.27. The minimum atomic E-state index is -0.0244. The molecule has 0 bridgehead atoms. The van der Waals surface area contributed by atoms with Crippen LogP contribution in [0.1, 0.15) is 47.5 Å². The van der Waals surface area contributed by atoms with Crippen LogP contribution >= 0.6 is 0 Å². The van der Waals surface area contributed by atoms with Crippen LogP contribution in [0.15, 0.2) is 23.3 Å². The van der Waals surface area contributed by atoms with Gasteiger partial charge in [-0.25, -0.2) is 0 Å². The van der Waals surface area contributed by atoms with Crippen molar-refractivity contribution in [2.45, 2.75) is 53.6 Å². The number of ether oxygens (including phenoxy) is 1. The Balaban J connectivity index is 4.43. The highest BCUT2D eigenvalue weighted by Gasteiger charge is 2.15. The summed E-state index contributed by atoms with van der Waals surface area (Å²) >= 11 is 0. The minimum absolute atomic E-state index is 0.0244. The Morgan fingerprint density at radius 1 is 1.06 bits per heavy atom. The Morgan fingerprint density at radius 2 is 1.50 bits per heavy atom. The Morgan fingerprint density at radius 3 is 1.81 bits per heavy atom. The summed E-state index contributed by atoms with van der Waals surface area (Å²) in [5.41, 5.74) is 2.61.